The van der Waals surface area contributed by atoms with Crippen LogP contribution in [0.5, 0.6) is 5.75 Å². The average molecular weight is 476 g/mol. The summed E-state index contributed by atoms with van der Waals surface area (Å²) in [4.78, 5) is 34.6. The molecule has 2 N–H and O–H groups in total. The van der Waals surface area contributed by atoms with E-state index < -0.39 is 0 Å². The molecule has 8 heteroatoms. The summed E-state index contributed by atoms with van der Waals surface area (Å²) in [6.07, 6.45) is 6.45. The molecule has 0 unspecified atom stereocenters. The molecule has 0 atom stereocenters. The Kier molecular flexibility index (Phi) is 6.88. The number of carbonyl (C=O) groups is 2. The van der Waals surface area contributed by atoms with Crippen molar-refractivity contribution in [3.8, 4) is 5.75 Å². The fourth-order valence-electron chi connectivity index (χ4n) is 4.98. The summed E-state index contributed by atoms with van der Waals surface area (Å²) in [5.74, 6) is 0.741. The molecule has 0 spiro atoms. The number of hydrogen-bond acceptors (Lipinski definition) is 4. The van der Waals surface area contributed by atoms with E-state index in [2.05, 4.69) is 10.6 Å². The predicted octanol–water partition coefficient (Wildman–Crippen LogP) is 5.82. The molecule has 2 fully saturated rings. The summed E-state index contributed by atoms with van der Waals surface area (Å²) >= 11 is 0. The number of likely N-dealkylation sites (tertiary alicyclic amines) is 2. The van der Waals surface area contributed by atoms with Crippen LogP contribution in [-0.2, 0) is 0 Å². The second-order valence-electron chi connectivity index (χ2n) is 9.29. The van der Waals surface area contributed by atoms with Gasteiger partial charge in [-0.25, -0.2) is 14.6 Å². The van der Waals surface area contributed by atoms with Gasteiger partial charge in [0.15, 0.2) is 0 Å². The SMILES string of the molecule is CCOc1ccc2c(NC(=O)N3CCCCC3)c3cc(NC(=O)N4CCCCC4)ccc3nc2c1. The third-order valence-corrected chi connectivity index (χ3v) is 6.83. The largest absolute Gasteiger partial charge is 0.494 e. The molecule has 0 saturated carbocycles. The maximum atomic E-state index is 13.2. The van der Waals surface area contributed by atoms with Crippen LogP contribution in [0.4, 0.5) is 21.0 Å². The van der Waals surface area contributed by atoms with Crippen LogP contribution in [0.3, 0.4) is 0 Å². The molecule has 184 valence electrons. The zero-order valence-corrected chi connectivity index (χ0v) is 20.3. The first-order valence-electron chi connectivity index (χ1n) is 12.7. The zero-order valence-electron chi connectivity index (χ0n) is 20.3. The highest BCUT2D eigenvalue weighted by Crippen LogP contribution is 2.34. The molecule has 0 aliphatic carbocycles. The van der Waals surface area contributed by atoms with E-state index in [1.54, 1.807) is 0 Å². The lowest BCUT2D eigenvalue weighted by Crippen LogP contribution is -2.39. The van der Waals surface area contributed by atoms with Gasteiger partial charge in [0.2, 0.25) is 0 Å². The van der Waals surface area contributed by atoms with Crippen LogP contribution < -0.4 is 15.4 Å². The van der Waals surface area contributed by atoms with E-state index in [1.165, 1.54) is 6.42 Å². The topological polar surface area (TPSA) is 86.8 Å². The zero-order chi connectivity index (χ0) is 24.2. The van der Waals surface area contributed by atoms with Crippen LogP contribution in [0.2, 0.25) is 0 Å². The number of nitrogens with zero attached hydrogens (tertiary/aromatic N) is 3. The normalized spacial score (nSPS) is 16.4. The highest BCUT2D eigenvalue weighted by atomic mass is 16.5. The van der Waals surface area contributed by atoms with E-state index in [4.69, 9.17) is 9.72 Å². The lowest BCUT2D eigenvalue weighted by atomic mass is 10.1. The quantitative estimate of drug-likeness (QED) is 0.465. The van der Waals surface area contributed by atoms with Gasteiger partial charge in [0, 0.05) is 48.7 Å². The van der Waals surface area contributed by atoms with Gasteiger partial charge in [-0.1, -0.05) is 0 Å². The predicted molar refractivity (Wildman–Crippen MR) is 139 cm³/mol. The van der Waals surface area contributed by atoms with Crippen LogP contribution in [0.15, 0.2) is 36.4 Å². The summed E-state index contributed by atoms with van der Waals surface area (Å²) in [6, 6.07) is 11.2. The summed E-state index contributed by atoms with van der Waals surface area (Å²) in [5.41, 5.74) is 2.89. The van der Waals surface area contributed by atoms with Crippen molar-refractivity contribution in [2.75, 3.05) is 43.4 Å². The summed E-state index contributed by atoms with van der Waals surface area (Å²) in [6.45, 7) is 5.60. The Hall–Kier alpha value is -3.55. The van der Waals surface area contributed by atoms with E-state index in [1.807, 2.05) is 53.1 Å². The van der Waals surface area contributed by atoms with Crippen LogP contribution >= 0.6 is 0 Å². The first-order chi connectivity index (χ1) is 17.1. The Balaban J connectivity index is 1.53. The number of nitrogens with one attached hydrogen (secondary N) is 2. The maximum absolute atomic E-state index is 13.2. The molecule has 3 aromatic rings. The molecular weight excluding hydrogens is 442 g/mol. The minimum atomic E-state index is -0.102. The smallest absolute Gasteiger partial charge is 0.321 e. The van der Waals surface area contributed by atoms with Gasteiger partial charge >= 0.3 is 12.1 Å². The molecule has 8 nitrogen and oxygen atoms in total. The van der Waals surface area contributed by atoms with Gasteiger partial charge in [-0.2, -0.15) is 0 Å². The molecule has 4 amide bonds. The molecule has 3 heterocycles. The Morgan fingerprint density at radius 3 is 2.11 bits per heavy atom. The van der Waals surface area contributed by atoms with Crippen LogP contribution in [0.25, 0.3) is 21.8 Å². The number of fused-ring (bicyclic) bond motifs is 2. The van der Waals surface area contributed by atoms with Gasteiger partial charge in [-0.15, -0.1) is 0 Å². The van der Waals surface area contributed by atoms with E-state index in [9.17, 15) is 9.59 Å². The molecule has 1 aromatic heterocycles. The lowest BCUT2D eigenvalue weighted by molar-refractivity contribution is 0.199. The second kappa shape index (κ2) is 10.4. The highest BCUT2D eigenvalue weighted by molar-refractivity contribution is 6.13. The van der Waals surface area contributed by atoms with Gasteiger partial charge in [0.25, 0.3) is 0 Å². The monoisotopic (exact) mass is 475 g/mol. The fraction of sp³-hybridized carbons (Fsp3) is 0.444. The van der Waals surface area contributed by atoms with E-state index >= 15 is 0 Å². The van der Waals surface area contributed by atoms with Gasteiger partial charge < -0.3 is 25.2 Å². The first kappa shape index (κ1) is 23.2. The van der Waals surface area contributed by atoms with Crippen molar-refractivity contribution in [1.29, 1.82) is 0 Å². The minimum absolute atomic E-state index is 0.0851. The van der Waals surface area contributed by atoms with Crippen molar-refractivity contribution in [2.45, 2.75) is 45.4 Å². The summed E-state index contributed by atoms with van der Waals surface area (Å²) in [7, 11) is 0. The van der Waals surface area contributed by atoms with Crippen molar-refractivity contribution in [2.24, 2.45) is 0 Å². The summed E-state index contributed by atoms with van der Waals surface area (Å²) < 4.78 is 5.67. The number of aromatic nitrogens is 1. The van der Waals surface area contributed by atoms with Crippen molar-refractivity contribution in [3.05, 3.63) is 36.4 Å². The Labute approximate surface area is 205 Å². The Morgan fingerprint density at radius 2 is 1.46 bits per heavy atom. The van der Waals surface area contributed by atoms with Crippen LogP contribution in [0.1, 0.15) is 45.4 Å². The third kappa shape index (κ3) is 5.11. The number of pyridine rings is 1. The van der Waals surface area contributed by atoms with E-state index in [0.29, 0.717) is 18.0 Å². The van der Waals surface area contributed by atoms with Gasteiger partial charge in [-0.05, 0) is 75.8 Å². The van der Waals surface area contributed by atoms with Crippen LogP contribution in [0, 0.1) is 0 Å². The molecule has 0 bridgehead atoms. The van der Waals surface area contributed by atoms with Crippen molar-refractivity contribution in [3.63, 3.8) is 0 Å². The number of carbonyl (C=O) groups excluding carboxylic acids is 2. The van der Waals surface area contributed by atoms with E-state index in [-0.39, 0.29) is 12.1 Å². The Bertz CT molecular complexity index is 1230. The second-order valence-corrected chi connectivity index (χ2v) is 9.29. The van der Waals surface area contributed by atoms with Gasteiger partial charge in [0.1, 0.15) is 5.75 Å². The fourth-order valence-corrected chi connectivity index (χ4v) is 4.98. The van der Waals surface area contributed by atoms with Crippen molar-refractivity contribution >= 4 is 45.2 Å². The van der Waals surface area contributed by atoms with Crippen LogP contribution in [-0.4, -0.2) is 59.6 Å². The highest BCUT2D eigenvalue weighted by Gasteiger charge is 2.21. The standard InChI is InChI=1S/C27H33N5O3/c1-2-35-20-10-11-21-24(18-20)29-23-12-9-19(28-26(33)31-13-5-3-6-14-31)17-22(23)25(21)30-27(34)32-15-7-4-8-16-32/h9-12,17-18H,2-8,13-16H2,1H3,(H,28,33)(H,29,30,34). The number of hydrogen-bond donors (Lipinski definition) is 2. The van der Waals surface area contributed by atoms with Crippen molar-refractivity contribution in [1.82, 2.24) is 14.8 Å². The summed E-state index contributed by atoms with van der Waals surface area (Å²) in [5, 5.41) is 7.85. The third-order valence-electron chi connectivity index (χ3n) is 6.83. The van der Waals surface area contributed by atoms with Gasteiger partial charge in [-0.3, -0.25) is 0 Å². The molecule has 5 rings (SSSR count). The number of ether oxygens (including phenoxy) is 1. The molecule has 2 aliphatic rings. The average Bonchev–Trinajstić information content (AvgIpc) is 2.90. The molecular formula is C27H33N5O3. The number of benzene rings is 2. The van der Waals surface area contributed by atoms with Gasteiger partial charge in [0.05, 0.1) is 23.3 Å². The minimum Gasteiger partial charge on any atom is -0.494 e. The molecule has 2 saturated heterocycles. The molecule has 0 radical (unpaired) electrons. The first-order valence-corrected chi connectivity index (χ1v) is 12.7. The number of anilines is 2. The maximum Gasteiger partial charge on any atom is 0.321 e. The Morgan fingerprint density at radius 1 is 0.800 bits per heavy atom. The number of rotatable bonds is 4. The molecule has 2 aromatic carbocycles. The van der Waals surface area contributed by atoms with E-state index in [0.717, 1.165) is 85.8 Å². The molecule has 35 heavy (non-hydrogen) atoms. The number of amides is 4. The number of urea groups is 2. The van der Waals surface area contributed by atoms with Crippen molar-refractivity contribution < 1.29 is 14.3 Å². The number of piperidine rings is 2. The molecule has 2 aliphatic heterocycles. The lowest BCUT2D eigenvalue weighted by Gasteiger charge is -2.27.